The normalized spacial score (nSPS) is 11.0. The number of aryl methyl sites for hydroxylation is 1. The van der Waals surface area contributed by atoms with Crippen LogP contribution in [-0.2, 0) is 6.54 Å². The Kier molecular flexibility index (Phi) is 5.42. The molecule has 0 radical (unpaired) electrons. The molecule has 4 nitrogen and oxygen atoms in total. The van der Waals surface area contributed by atoms with E-state index in [0.717, 1.165) is 4.88 Å². The minimum Gasteiger partial charge on any atom is -0.292 e. The molecule has 0 fully saturated rings. The highest BCUT2D eigenvalue weighted by molar-refractivity contribution is 7.99. The van der Waals surface area contributed by atoms with Crippen LogP contribution in [0.25, 0.3) is 10.9 Å². The summed E-state index contributed by atoms with van der Waals surface area (Å²) in [6.07, 6.45) is 1.64. The second kappa shape index (κ2) is 7.56. The first-order valence-corrected chi connectivity index (χ1v) is 9.71. The molecule has 7 heteroatoms. The third-order valence-corrected chi connectivity index (χ3v) is 5.79. The Hall–Kier alpha value is -1.89. The van der Waals surface area contributed by atoms with Crippen LogP contribution in [0.5, 0.6) is 0 Å². The first-order valence-electron chi connectivity index (χ1n) is 7.53. The molecule has 0 aliphatic heterocycles. The summed E-state index contributed by atoms with van der Waals surface area (Å²) in [5, 5.41) is 1.50. The SMILES string of the molecule is C=CCn1c(SCC(=O)c2ccc(C)s2)nc2cc(Cl)ccc2c1=O. The summed E-state index contributed by atoms with van der Waals surface area (Å²) in [7, 11) is 0. The van der Waals surface area contributed by atoms with E-state index in [1.807, 2.05) is 19.1 Å². The standard InChI is InChI=1S/C18H15ClN2O2S2/c1-3-8-21-17(23)13-6-5-12(19)9-14(13)20-18(21)24-10-15(22)16-7-4-11(2)25-16/h3-7,9H,1,8,10H2,2H3. The third-order valence-electron chi connectivity index (χ3n) is 3.54. The summed E-state index contributed by atoms with van der Waals surface area (Å²) >= 11 is 8.73. The van der Waals surface area contributed by atoms with Crippen LogP contribution in [0.3, 0.4) is 0 Å². The van der Waals surface area contributed by atoms with Gasteiger partial charge in [-0.25, -0.2) is 4.98 Å². The first kappa shape index (κ1) is 17.9. The van der Waals surface area contributed by atoms with Crippen molar-refractivity contribution in [2.45, 2.75) is 18.6 Å². The lowest BCUT2D eigenvalue weighted by molar-refractivity contribution is 0.102. The van der Waals surface area contributed by atoms with Crippen molar-refractivity contribution in [1.82, 2.24) is 9.55 Å². The molecule has 2 heterocycles. The molecule has 3 rings (SSSR count). The first-order chi connectivity index (χ1) is 12.0. The van der Waals surface area contributed by atoms with E-state index in [-0.39, 0.29) is 17.1 Å². The Bertz CT molecular complexity index is 1020. The molecule has 3 aromatic rings. The predicted octanol–water partition coefficient (Wildman–Crippen LogP) is 4.58. The van der Waals surface area contributed by atoms with Gasteiger partial charge in [0.15, 0.2) is 10.9 Å². The summed E-state index contributed by atoms with van der Waals surface area (Å²) in [5.74, 6) is 0.240. The van der Waals surface area contributed by atoms with E-state index in [4.69, 9.17) is 11.6 Å². The molecule has 0 bridgehead atoms. The summed E-state index contributed by atoms with van der Waals surface area (Å²) in [6.45, 7) is 5.99. The lowest BCUT2D eigenvalue weighted by Gasteiger charge is -2.11. The Morgan fingerprint density at radius 2 is 2.20 bits per heavy atom. The quantitative estimate of drug-likeness (QED) is 0.267. The van der Waals surface area contributed by atoms with Gasteiger partial charge in [-0.05, 0) is 37.3 Å². The molecule has 0 aliphatic carbocycles. The number of halogens is 1. The fourth-order valence-corrected chi connectivity index (χ4v) is 4.31. The summed E-state index contributed by atoms with van der Waals surface area (Å²) in [4.78, 5) is 31.4. The number of benzene rings is 1. The number of nitrogens with zero attached hydrogens (tertiary/aromatic N) is 2. The van der Waals surface area contributed by atoms with Crippen LogP contribution in [0.15, 0.2) is 52.9 Å². The Morgan fingerprint density at radius 1 is 1.40 bits per heavy atom. The molecule has 0 saturated carbocycles. The van der Waals surface area contributed by atoms with Crippen LogP contribution in [-0.4, -0.2) is 21.1 Å². The summed E-state index contributed by atoms with van der Waals surface area (Å²) in [5.41, 5.74) is 0.364. The van der Waals surface area contributed by atoms with Crippen LogP contribution < -0.4 is 5.56 Å². The van der Waals surface area contributed by atoms with Gasteiger partial charge in [0.05, 0.1) is 21.5 Å². The number of fused-ring (bicyclic) bond motifs is 1. The molecule has 0 amide bonds. The number of allylic oxidation sites excluding steroid dienone is 1. The number of thiophene rings is 1. The van der Waals surface area contributed by atoms with Crippen molar-refractivity contribution in [2.24, 2.45) is 0 Å². The van der Waals surface area contributed by atoms with Crippen molar-refractivity contribution >= 4 is 51.4 Å². The van der Waals surface area contributed by atoms with E-state index >= 15 is 0 Å². The van der Waals surface area contributed by atoms with Crippen molar-refractivity contribution in [2.75, 3.05) is 5.75 Å². The minimum absolute atomic E-state index is 0.0219. The van der Waals surface area contributed by atoms with Crippen LogP contribution >= 0.6 is 34.7 Å². The molecule has 1 aromatic carbocycles. The Labute approximate surface area is 158 Å². The lowest BCUT2D eigenvalue weighted by atomic mass is 10.2. The highest BCUT2D eigenvalue weighted by Gasteiger charge is 2.14. The molecule has 25 heavy (non-hydrogen) atoms. The maximum atomic E-state index is 12.7. The van der Waals surface area contributed by atoms with E-state index in [1.54, 1.807) is 24.3 Å². The average Bonchev–Trinajstić information content (AvgIpc) is 3.02. The predicted molar refractivity (Wildman–Crippen MR) is 105 cm³/mol. The van der Waals surface area contributed by atoms with Gasteiger partial charge < -0.3 is 0 Å². The lowest BCUT2D eigenvalue weighted by Crippen LogP contribution is -2.23. The highest BCUT2D eigenvalue weighted by atomic mass is 35.5. The van der Waals surface area contributed by atoms with Crippen molar-refractivity contribution in [3.8, 4) is 0 Å². The Morgan fingerprint density at radius 3 is 2.88 bits per heavy atom. The molecule has 0 atom stereocenters. The van der Waals surface area contributed by atoms with Gasteiger partial charge in [0.1, 0.15) is 0 Å². The van der Waals surface area contributed by atoms with Gasteiger partial charge in [0.2, 0.25) is 0 Å². The number of carbonyl (C=O) groups is 1. The molecular weight excluding hydrogens is 376 g/mol. The van der Waals surface area contributed by atoms with Crippen molar-refractivity contribution in [3.63, 3.8) is 0 Å². The van der Waals surface area contributed by atoms with E-state index < -0.39 is 0 Å². The average molecular weight is 391 g/mol. The van der Waals surface area contributed by atoms with Crippen LogP contribution in [0.1, 0.15) is 14.5 Å². The van der Waals surface area contributed by atoms with E-state index in [2.05, 4.69) is 11.6 Å². The van der Waals surface area contributed by atoms with Gasteiger partial charge in [-0.3, -0.25) is 14.2 Å². The van der Waals surface area contributed by atoms with Crippen molar-refractivity contribution in [3.05, 3.63) is 68.1 Å². The number of rotatable bonds is 6. The monoisotopic (exact) mass is 390 g/mol. The van der Waals surface area contributed by atoms with Gasteiger partial charge in [-0.15, -0.1) is 17.9 Å². The molecular formula is C18H15ClN2O2S2. The molecule has 0 saturated heterocycles. The number of ketones is 1. The highest BCUT2D eigenvalue weighted by Crippen LogP contribution is 2.23. The van der Waals surface area contributed by atoms with Crippen LogP contribution in [0, 0.1) is 6.92 Å². The summed E-state index contributed by atoms with van der Waals surface area (Å²) in [6, 6.07) is 8.74. The number of hydrogen-bond donors (Lipinski definition) is 0. The zero-order valence-corrected chi connectivity index (χ0v) is 15.9. The van der Waals surface area contributed by atoms with Gasteiger partial charge >= 0.3 is 0 Å². The van der Waals surface area contributed by atoms with Gasteiger partial charge in [0.25, 0.3) is 5.56 Å². The maximum Gasteiger partial charge on any atom is 0.262 e. The molecule has 0 N–H and O–H groups in total. The maximum absolute atomic E-state index is 12.7. The van der Waals surface area contributed by atoms with Gasteiger partial charge in [0, 0.05) is 16.4 Å². The number of hydrogen-bond acceptors (Lipinski definition) is 5. The molecule has 0 spiro atoms. The van der Waals surface area contributed by atoms with Crippen LogP contribution in [0.2, 0.25) is 5.02 Å². The molecule has 0 aliphatic rings. The second-order valence-electron chi connectivity index (χ2n) is 5.38. The Balaban J connectivity index is 1.96. The zero-order valence-electron chi connectivity index (χ0n) is 13.5. The van der Waals surface area contributed by atoms with E-state index in [1.165, 1.54) is 27.7 Å². The van der Waals surface area contributed by atoms with E-state index in [0.29, 0.717) is 32.5 Å². The van der Waals surface area contributed by atoms with E-state index in [9.17, 15) is 9.59 Å². The van der Waals surface area contributed by atoms with Crippen molar-refractivity contribution in [1.29, 1.82) is 0 Å². The van der Waals surface area contributed by atoms with Gasteiger partial charge in [-0.2, -0.15) is 0 Å². The number of thioether (sulfide) groups is 1. The fourth-order valence-electron chi connectivity index (χ4n) is 2.36. The van der Waals surface area contributed by atoms with Crippen molar-refractivity contribution < 1.29 is 4.79 Å². The third kappa shape index (κ3) is 3.86. The number of aromatic nitrogens is 2. The molecule has 2 aromatic heterocycles. The minimum atomic E-state index is -0.163. The van der Waals surface area contributed by atoms with Gasteiger partial charge in [-0.1, -0.05) is 29.4 Å². The fraction of sp³-hybridized carbons (Fsp3) is 0.167. The zero-order chi connectivity index (χ0) is 18.0. The second-order valence-corrected chi connectivity index (χ2v) is 8.05. The molecule has 128 valence electrons. The van der Waals surface area contributed by atoms with Crippen LogP contribution in [0.4, 0.5) is 0 Å². The number of carbonyl (C=O) groups excluding carboxylic acids is 1. The summed E-state index contributed by atoms with van der Waals surface area (Å²) < 4.78 is 1.53. The molecule has 0 unspecified atom stereocenters. The topological polar surface area (TPSA) is 52.0 Å². The largest absolute Gasteiger partial charge is 0.292 e. The smallest absolute Gasteiger partial charge is 0.262 e. The number of Topliss-reactive ketones (excluding diaryl/α,β-unsaturated/α-hetero) is 1.